The maximum absolute atomic E-state index is 10.5. The second-order valence-corrected chi connectivity index (χ2v) is 4.99. The molecule has 0 saturated heterocycles. The molecule has 2 aromatic rings. The number of rotatable bonds is 7. The molecule has 20 heavy (non-hydrogen) atoms. The highest BCUT2D eigenvalue weighted by Gasteiger charge is 2.07. The monoisotopic (exact) mass is 295 g/mol. The van der Waals surface area contributed by atoms with Gasteiger partial charge in [0.2, 0.25) is 5.16 Å². The molecule has 1 aromatic heterocycles. The third kappa shape index (κ3) is 3.75. The van der Waals surface area contributed by atoms with Crippen LogP contribution in [0.2, 0.25) is 0 Å². The van der Waals surface area contributed by atoms with E-state index >= 15 is 0 Å². The minimum absolute atomic E-state index is 0.0129. The number of hydrogen-bond acceptors (Lipinski definition) is 7. The number of benzene rings is 1. The van der Waals surface area contributed by atoms with E-state index in [0.29, 0.717) is 11.7 Å². The van der Waals surface area contributed by atoms with Gasteiger partial charge in [-0.1, -0.05) is 23.9 Å². The first-order chi connectivity index (χ1) is 9.70. The molecule has 1 heterocycles. The van der Waals surface area contributed by atoms with Crippen LogP contribution in [0.25, 0.3) is 0 Å². The molecule has 0 fully saturated rings. The summed E-state index contributed by atoms with van der Waals surface area (Å²) >= 11 is 1.48. The fraction of sp³-hybridized carbons (Fsp3) is 0.364. The van der Waals surface area contributed by atoms with Crippen molar-refractivity contribution in [3.05, 3.63) is 39.9 Å². The Hall–Kier alpha value is -2.00. The second-order valence-electron chi connectivity index (χ2n) is 3.93. The van der Waals surface area contributed by atoms with Crippen LogP contribution in [0, 0.1) is 10.1 Å². The van der Waals surface area contributed by atoms with Crippen molar-refractivity contribution in [3.8, 4) is 0 Å². The van der Waals surface area contributed by atoms with Gasteiger partial charge in [0.1, 0.15) is 0 Å². The first kappa shape index (κ1) is 14.4. The number of tetrazole rings is 1. The minimum Gasteiger partial charge on any atom is -0.394 e. The summed E-state index contributed by atoms with van der Waals surface area (Å²) in [6.07, 6.45) is 0.759. The zero-order valence-electron chi connectivity index (χ0n) is 10.5. The third-order valence-electron chi connectivity index (χ3n) is 2.58. The van der Waals surface area contributed by atoms with E-state index in [1.807, 2.05) is 0 Å². The van der Waals surface area contributed by atoms with Gasteiger partial charge >= 0.3 is 0 Å². The molecule has 0 aliphatic heterocycles. The van der Waals surface area contributed by atoms with Gasteiger partial charge in [-0.2, -0.15) is 0 Å². The van der Waals surface area contributed by atoms with E-state index < -0.39 is 4.92 Å². The first-order valence-electron chi connectivity index (χ1n) is 5.94. The van der Waals surface area contributed by atoms with Crippen molar-refractivity contribution >= 4 is 17.4 Å². The average Bonchev–Trinajstić information content (AvgIpc) is 2.87. The molecule has 0 saturated carbocycles. The Labute approximate surface area is 119 Å². The molecule has 0 bridgehead atoms. The van der Waals surface area contributed by atoms with Gasteiger partial charge in [-0.05, 0) is 22.4 Å². The number of nitro benzene ring substituents is 1. The summed E-state index contributed by atoms with van der Waals surface area (Å²) in [5.41, 5.74) is 1.11. The van der Waals surface area contributed by atoms with E-state index in [9.17, 15) is 10.1 Å². The van der Waals surface area contributed by atoms with E-state index in [1.54, 1.807) is 16.8 Å². The van der Waals surface area contributed by atoms with Crippen molar-refractivity contribution in [2.45, 2.75) is 18.1 Å². The average molecular weight is 295 g/mol. The molecule has 0 unspecified atom stereocenters. The van der Waals surface area contributed by atoms with E-state index in [4.69, 9.17) is 5.11 Å². The number of hydrogen-bond donors (Lipinski definition) is 1. The molecule has 8 nitrogen and oxygen atoms in total. The topological polar surface area (TPSA) is 107 Å². The van der Waals surface area contributed by atoms with E-state index in [-0.39, 0.29) is 12.3 Å². The predicted octanol–water partition coefficient (Wildman–Crippen LogP) is 0.908. The number of aromatic nitrogens is 4. The summed E-state index contributed by atoms with van der Waals surface area (Å²) in [6, 6.07) is 6.48. The lowest BCUT2D eigenvalue weighted by molar-refractivity contribution is -0.384. The Balaban J connectivity index is 1.86. The van der Waals surface area contributed by atoms with Gasteiger partial charge in [-0.25, -0.2) is 4.68 Å². The van der Waals surface area contributed by atoms with Gasteiger partial charge in [0.25, 0.3) is 5.69 Å². The van der Waals surface area contributed by atoms with Crippen LogP contribution in [-0.4, -0.2) is 42.6 Å². The van der Waals surface area contributed by atoms with Crippen molar-refractivity contribution in [2.75, 3.05) is 12.4 Å². The number of nitrogens with zero attached hydrogens (tertiary/aromatic N) is 5. The molecule has 2 rings (SSSR count). The van der Waals surface area contributed by atoms with Gasteiger partial charge in [0.15, 0.2) is 0 Å². The van der Waals surface area contributed by atoms with E-state index in [0.717, 1.165) is 17.7 Å². The Morgan fingerprint density at radius 3 is 2.75 bits per heavy atom. The Morgan fingerprint density at radius 1 is 1.35 bits per heavy atom. The van der Waals surface area contributed by atoms with Gasteiger partial charge in [0.05, 0.1) is 18.1 Å². The van der Waals surface area contributed by atoms with Gasteiger partial charge in [-0.3, -0.25) is 10.1 Å². The highest BCUT2D eigenvalue weighted by Crippen LogP contribution is 2.17. The van der Waals surface area contributed by atoms with Crippen LogP contribution in [-0.2, 0) is 13.0 Å². The molecule has 9 heteroatoms. The Bertz CT molecular complexity index is 572. The molecule has 0 atom stereocenters. The van der Waals surface area contributed by atoms with Crippen molar-refractivity contribution in [2.24, 2.45) is 0 Å². The fourth-order valence-electron chi connectivity index (χ4n) is 1.58. The lowest BCUT2D eigenvalue weighted by atomic mass is 10.1. The molecule has 106 valence electrons. The van der Waals surface area contributed by atoms with Gasteiger partial charge < -0.3 is 5.11 Å². The molecule has 0 amide bonds. The van der Waals surface area contributed by atoms with Crippen molar-refractivity contribution in [3.63, 3.8) is 0 Å². The number of aryl methyl sites for hydroxylation is 1. The second kappa shape index (κ2) is 6.96. The summed E-state index contributed by atoms with van der Waals surface area (Å²) in [7, 11) is 0. The highest BCUT2D eigenvalue weighted by atomic mass is 32.2. The third-order valence-corrected chi connectivity index (χ3v) is 3.54. The van der Waals surface area contributed by atoms with E-state index in [2.05, 4.69) is 15.5 Å². The molecular weight excluding hydrogens is 282 g/mol. The molecule has 0 radical (unpaired) electrons. The maximum Gasteiger partial charge on any atom is 0.269 e. The van der Waals surface area contributed by atoms with Gasteiger partial charge in [-0.15, -0.1) is 5.10 Å². The van der Waals surface area contributed by atoms with Crippen LogP contribution < -0.4 is 0 Å². The molecule has 0 aliphatic rings. The molecule has 0 spiro atoms. The van der Waals surface area contributed by atoms with Crippen LogP contribution in [0.1, 0.15) is 5.56 Å². The van der Waals surface area contributed by atoms with Crippen molar-refractivity contribution < 1.29 is 10.0 Å². The summed E-state index contributed by atoms with van der Waals surface area (Å²) in [5, 5.41) is 31.2. The van der Waals surface area contributed by atoms with E-state index in [1.165, 1.54) is 23.9 Å². The highest BCUT2D eigenvalue weighted by molar-refractivity contribution is 7.99. The SMILES string of the molecule is O=[N+]([O-])c1ccc(CCSc2nnnn2CCO)cc1. The fourth-order valence-corrected chi connectivity index (χ4v) is 2.47. The summed E-state index contributed by atoms with van der Waals surface area (Å²) in [4.78, 5) is 10.1. The van der Waals surface area contributed by atoms with Crippen LogP contribution in [0.4, 0.5) is 5.69 Å². The van der Waals surface area contributed by atoms with Crippen LogP contribution >= 0.6 is 11.8 Å². The normalized spacial score (nSPS) is 10.7. The lowest BCUT2D eigenvalue weighted by Gasteiger charge is -2.02. The van der Waals surface area contributed by atoms with Crippen LogP contribution in [0.15, 0.2) is 29.4 Å². The number of aliphatic hydroxyl groups is 1. The number of non-ortho nitro benzene ring substituents is 1. The Kier molecular flexibility index (Phi) is 5.02. The summed E-state index contributed by atoms with van der Waals surface area (Å²) < 4.78 is 1.54. The maximum atomic E-state index is 10.5. The largest absolute Gasteiger partial charge is 0.394 e. The van der Waals surface area contributed by atoms with Crippen molar-refractivity contribution in [1.82, 2.24) is 20.2 Å². The quantitative estimate of drug-likeness (QED) is 0.459. The zero-order valence-corrected chi connectivity index (χ0v) is 11.4. The first-order valence-corrected chi connectivity index (χ1v) is 6.92. The summed E-state index contributed by atoms with van der Waals surface area (Å²) in [5.74, 6) is 0.754. The summed E-state index contributed by atoms with van der Waals surface area (Å²) in [6.45, 7) is 0.355. The predicted molar refractivity (Wildman–Crippen MR) is 72.4 cm³/mol. The number of nitro groups is 1. The zero-order chi connectivity index (χ0) is 14.4. The number of aliphatic hydroxyl groups excluding tert-OH is 1. The molecule has 0 aliphatic carbocycles. The molecule has 1 N–H and O–H groups in total. The molecular formula is C11H13N5O3S. The van der Waals surface area contributed by atoms with Crippen LogP contribution in [0.3, 0.4) is 0 Å². The standard InChI is InChI=1S/C11H13N5O3S/c17-7-6-15-11(12-13-14-15)20-8-5-9-1-3-10(4-2-9)16(18)19/h1-4,17H,5-8H2. The van der Waals surface area contributed by atoms with Crippen molar-refractivity contribution in [1.29, 1.82) is 0 Å². The Morgan fingerprint density at radius 2 is 2.10 bits per heavy atom. The molecule has 1 aromatic carbocycles. The van der Waals surface area contributed by atoms with Gasteiger partial charge in [0, 0.05) is 17.9 Å². The van der Waals surface area contributed by atoms with Crippen LogP contribution in [0.5, 0.6) is 0 Å². The minimum atomic E-state index is -0.415. The lowest BCUT2D eigenvalue weighted by Crippen LogP contribution is -2.06. The number of thioether (sulfide) groups is 1. The smallest absolute Gasteiger partial charge is 0.269 e.